The summed E-state index contributed by atoms with van der Waals surface area (Å²) in [6, 6.07) is 11.5. The first-order valence-electron chi connectivity index (χ1n) is 7.11. The van der Waals surface area contributed by atoms with Crippen LogP contribution in [-0.2, 0) is 0 Å². The van der Waals surface area contributed by atoms with E-state index in [0.29, 0.717) is 12.2 Å². The number of nitrogens with one attached hydrogen (secondary N) is 2. The van der Waals surface area contributed by atoms with Crippen molar-refractivity contribution in [2.75, 3.05) is 19.6 Å². The maximum atomic E-state index is 12.1. The summed E-state index contributed by atoms with van der Waals surface area (Å²) in [7, 11) is 0. The van der Waals surface area contributed by atoms with E-state index < -0.39 is 0 Å². The van der Waals surface area contributed by atoms with E-state index >= 15 is 0 Å². The zero-order valence-corrected chi connectivity index (χ0v) is 11.7. The van der Waals surface area contributed by atoms with Crippen molar-refractivity contribution in [2.45, 2.75) is 6.42 Å². The Labute approximate surface area is 123 Å². The smallest absolute Gasteiger partial charge is 0.272 e. The highest BCUT2D eigenvalue weighted by Gasteiger charge is 2.11. The minimum Gasteiger partial charge on any atom is -0.347 e. The third-order valence-corrected chi connectivity index (χ3v) is 3.48. The van der Waals surface area contributed by atoms with Crippen LogP contribution in [0.25, 0.3) is 5.69 Å². The lowest BCUT2D eigenvalue weighted by molar-refractivity contribution is 0.0951. The average molecular weight is 282 g/mol. The number of carbonyl (C=O) groups is 1. The van der Waals surface area contributed by atoms with Crippen molar-refractivity contribution in [3.05, 3.63) is 59.9 Å². The molecule has 1 aliphatic rings. The van der Waals surface area contributed by atoms with Crippen LogP contribution in [0.3, 0.4) is 0 Å². The largest absolute Gasteiger partial charge is 0.347 e. The predicted octanol–water partition coefficient (Wildman–Crippen LogP) is 1.52. The molecule has 0 saturated heterocycles. The van der Waals surface area contributed by atoms with Crippen molar-refractivity contribution in [3.8, 4) is 5.69 Å². The molecule has 3 rings (SSSR count). The van der Waals surface area contributed by atoms with Crippen LogP contribution in [0.2, 0.25) is 0 Å². The van der Waals surface area contributed by atoms with Gasteiger partial charge in [0, 0.05) is 19.3 Å². The molecule has 5 nitrogen and oxygen atoms in total. The fourth-order valence-corrected chi connectivity index (χ4v) is 2.28. The van der Waals surface area contributed by atoms with E-state index in [4.69, 9.17) is 0 Å². The molecule has 0 radical (unpaired) electrons. The maximum Gasteiger partial charge on any atom is 0.272 e. The number of hydrogen-bond acceptors (Lipinski definition) is 3. The van der Waals surface area contributed by atoms with Crippen LogP contribution in [0.4, 0.5) is 0 Å². The lowest BCUT2D eigenvalue weighted by Gasteiger charge is -2.14. The molecule has 1 aliphatic heterocycles. The number of nitrogens with zero attached hydrogens (tertiary/aromatic N) is 2. The number of amides is 1. The molecule has 2 N–H and O–H groups in total. The van der Waals surface area contributed by atoms with Crippen LogP contribution in [0.5, 0.6) is 0 Å². The number of carbonyl (C=O) groups excluding carboxylic acids is 1. The van der Waals surface area contributed by atoms with Gasteiger partial charge in [-0.25, -0.2) is 4.68 Å². The lowest BCUT2D eigenvalue weighted by Crippen LogP contribution is -2.29. The lowest BCUT2D eigenvalue weighted by atomic mass is 10.1. The third kappa shape index (κ3) is 3.38. The van der Waals surface area contributed by atoms with Crippen LogP contribution >= 0.6 is 0 Å². The zero-order chi connectivity index (χ0) is 14.5. The summed E-state index contributed by atoms with van der Waals surface area (Å²) < 4.78 is 1.71. The second-order valence-electron chi connectivity index (χ2n) is 4.98. The molecule has 0 saturated carbocycles. The number of benzene rings is 1. The van der Waals surface area contributed by atoms with Crippen LogP contribution in [0.15, 0.2) is 54.2 Å². The Balaban J connectivity index is 1.63. The summed E-state index contributed by atoms with van der Waals surface area (Å²) >= 11 is 0. The van der Waals surface area contributed by atoms with E-state index in [-0.39, 0.29) is 5.91 Å². The summed E-state index contributed by atoms with van der Waals surface area (Å²) in [5.74, 6) is -0.135. The van der Waals surface area contributed by atoms with Crippen LogP contribution in [0, 0.1) is 0 Å². The van der Waals surface area contributed by atoms with E-state index in [0.717, 1.165) is 25.2 Å². The van der Waals surface area contributed by atoms with E-state index in [9.17, 15) is 4.79 Å². The van der Waals surface area contributed by atoms with Crippen LogP contribution < -0.4 is 10.6 Å². The summed E-state index contributed by atoms with van der Waals surface area (Å²) in [5.41, 5.74) is 2.65. The van der Waals surface area contributed by atoms with Crippen molar-refractivity contribution in [1.29, 1.82) is 0 Å². The third-order valence-electron chi connectivity index (χ3n) is 3.48. The van der Waals surface area contributed by atoms with Gasteiger partial charge in [-0.15, -0.1) is 0 Å². The summed E-state index contributed by atoms with van der Waals surface area (Å²) in [6.45, 7) is 2.46. The van der Waals surface area contributed by atoms with Crippen LogP contribution in [0.1, 0.15) is 16.9 Å². The highest BCUT2D eigenvalue weighted by Crippen LogP contribution is 2.07. The SMILES string of the molecule is O=C(NCC1=CCNCC1)c1ccn(-c2ccccc2)n1. The van der Waals surface area contributed by atoms with E-state index in [2.05, 4.69) is 21.8 Å². The van der Waals surface area contributed by atoms with Gasteiger partial charge in [-0.3, -0.25) is 4.79 Å². The van der Waals surface area contributed by atoms with E-state index in [1.807, 2.05) is 30.3 Å². The standard InChI is InChI=1S/C16H18N4O/c21-16(18-12-13-6-9-17-10-7-13)15-8-11-20(19-15)14-4-2-1-3-5-14/h1-6,8,11,17H,7,9-10,12H2,(H,18,21). The fourth-order valence-electron chi connectivity index (χ4n) is 2.28. The monoisotopic (exact) mass is 282 g/mol. The Morgan fingerprint density at radius 1 is 1.29 bits per heavy atom. The number of rotatable bonds is 4. The molecule has 21 heavy (non-hydrogen) atoms. The second-order valence-corrected chi connectivity index (χ2v) is 4.98. The normalized spacial score (nSPS) is 14.6. The molecule has 2 heterocycles. The molecule has 0 unspecified atom stereocenters. The van der Waals surface area contributed by atoms with Gasteiger partial charge in [0.1, 0.15) is 0 Å². The highest BCUT2D eigenvalue weighted by molar-refractivity contribution is 5.92. The number of aromatic nitrogens is 2. The summed E-state index contributed by atoms with van der Waals surface area (Å²) in [4.78, 5) is 12.1. The minimum atomic E-state index is -0.135. The van der Waals surface area contributed by atoms with Gasteiger partial charge < -0.3 is 10.6 Å². The Morgan fingerprint density at radius 2 is 2.14 bits per heavy atom. The van der Waals surface area contributed by atoms with Gasteiger partial charge in [-0.05, 0) is 31.2 Å². The maximum absolute atomic E-state index is 12.1. The highest BCUT2D eigenvalue weighted by atomic mass is 16.1. The minimum absolute atomic E-state index is 0.135. The molecule has 0 fully saturated rings. The van der Waals surface area contributed by atoms with Gasteiger partial charge in [0.25, 0.3) is 5.91 Å². The predicted molar refractivity (Wildman–Crippen MR) is 81.5 cm³/mol. The molecular weight excluding hydrogens is 264 g/mol. The quantitative estimate of drug-likeness (QED) is 0.836. The number of para-hydroxylation sites is 1. The molecule has 1 amide bonds. The fraction of sp³-hybridized carbons (Fsp3) is 0.250. The Bertz CT molecular complexity index is 645. The molecule has 0 atom stereocenters. The molecule has 0 bridgehead atoms. The van der Waals surface area contributed by atoms with Gasteiger partial charge in [0.15, 0.2) is 5.69 Å². The molecular formula is C16H18N4O. The molecule has 1 aromatic carbocycles. The van der Waals surface area contributed by atoms with Crippen molar-refractivity contribution in [2.24, 2.45) is 0 Å². The summed E-state index contributed by atoms with van der Waals surface area (Å²) in [6.07, 6.45) is 4.92. The van der Waals surface area contributed by atoms with Crippen molar-refractivity contribution in [1.82, 2.24) is 20.4 Å². The van der Waals surface area contributed by atoms with Crippen LogP contribution in [-0.4, -0.2) is 35.3 Å². The Morgan fingerprint density at radius 3 is 2.90 bits per heavy atom. The summed E-state index contributed by atoms with van der Waals surface area (Å²) in [5, 5.41) is 10.5. The van der Waals surface area contributed by atoms with Gasteiger partial charge in [0.2, 0.25) is 0 Å². The van der Waals surface area contributed by atoms with Gasteiger partial charge in [0.05, 0.1) is 5.69 Å². The zero-order valence-electron chi connectivity index (χ0n) is 11.7. The molecule has 5 heteroatoms. The molecule has 0 spiro atoms. The van der Waals surface area contributed by atoms with Crippen molar-refractivity contribution < 1.29 is 4.79 Å². The average Bonchev–Trinajstić information content (AvgIpc) is 3.04. The second kappa shape index (κ2) is 6.37. The molecule has 1 aromatic heterocycles. The van der Waals surface area contributed by atoms with Gasteiger partial charge >= 0.3 is 0 Å². The first-order valence-corrected chi connectivity index (χ1v) is 7.11. The molecule has 108 valence electrons. The van der Waals surface area contributed by atoms with Gasteiger partial charge in [-0.2, -0.15) is 5.10 Å². The van der Waals surface area contributed by atoms with Crippen molar-refractivity contribution in [3.63, 3.8) is 0 Å². The topological polar surface area (TPSA) is 59.0 Å². The Hall–Kier alpha value is -2.40. The first kappa shape index (κ1) is 13.6. The first-order chi connectivity index (χ1) is 10.3. The Kier molecular flexibility index (Phi) is 4.12. The van der Waals surface area contributed by atoms with E-state index in [1.165, 1.54) is 5.57 Å². The molecule has 2 aromatic rings. The van der Waals surface area contributed by atoms with Gasteiger partial charge in [-0.1, -0.05) is 29.8 Å². The van der Waals surface area contributed by atoms with E-state index in [1.54, 1.807) is 16.9 Å². The number of hydrogen-bond donors (Lipinski definition) is 2. The van der Waals surface area contributed by atoms with Crippen molar-refractivity contribution >= 4 is 5.91 Å². The molecule has 0 aliphatic carbocycles.